The van der Waals surface area contributed by atoms with Gasteiger partial charge in [-0.3, -0.25) is 0 Å². The molecular formula is C21H18BrN5OS. The average molecular weight is 468 g/mol. The van der Waals surface area contributed by atoms with Crippen molar-refractivity contribution in [2.24, 2.45) is 0 Å². The number of carbonyl (C=O) groups excluding carboxylic acids is 1. The maximum atomic E-state index is 12.3. The van der Waals surface area contributed by atoms with E-state index in [-0.39, 0.29) is 6.03 Å². The number of fused-ring (bicyclic) bond motifs is 1. The average Bonchev–Trinajstić information content (AvgIpc) is 2.98. The normalized spacial score (nSPS) is 10.9. The third-order valence-electron chi connectivity index (χ3n) is 4.39. The number of anilines is 3. The Kier molecular flexibility index (Phi) is 5.21. The zero-order chi connectivity index (χ0) is 20.5. The molecule has 0 unspecified atom stereocenters. The number of halogens is 1. The van der Waals surface area contributed by atoms with E-state index in [9.17, 15) is 4.79 Å². The lowest BCUT2D eigenvalue weighted by atomic mass is 10.1. The molecule has 29 heavy (non-hydrogen) atoms. The van der Waals surface area contributed by atoms with Crippen molar-refractivity contribution in [3.8, 4) is 11.1 Å². The first kappa shape index (κ1) is 19.4. The molecule has 2 amide bonds. The number of nitrogens with zero attached hydrogens (tertiary/aromatic N) is 2. The third-order valence-corrected chi connectivity index (χ3v) is 6.15. The highest BCUT2D eigenvalue weighted by molar-refractivity contribution is 9.11. The van der Waals surface area contributed by atoms with Crippen LogP contribution in [-0.2, 0) is 0 Å². The Labute approximate surface area is 180 Å². The minimum atomic E-state index is -0.289. The van der Waals surface area contributed by atoms with Gasteiger partial charge >= 0.3 is 6.03 Å². The molecule has 0 spiro atoms. The van der Waals surface area contributed by atoms with Crippen LogP contribution in [0.2, 0.25) is 0 Å². The van der Waals surface area contributed by atoms with Gasteiger partial charge in [-0.15, -0.1) is 11.3 Å². The van der Waals surface area contributed by atoms with Crippen LogP contribution in [0.15, 0.2) is 52.6 Å². The SMILES string of the molecule is Cc1cc(C)cc(NC(=O)Nc2ccc(-c3c(Br)sc4ncnc(N)c34)cc2)c1. The van der Waals surface area contributed by atoms with Gasteiger partial charge in [-0.2, -0.15) is 0 Å². The van der Waals surface area contributed by atoms with Crippen LogP contribution in [0, 0.1) is 13.8 Å². The minimum absolute atomic E-state index is 0.289. The minimum Gasteiger partial charge on any atom is -0.383 e. The number of aromatic nitrogens is 2. The molecule has 6 nitrogen and oxygen atoms in total. The number of nitrogen functional groups attached to an aromatic ring is 1. The second-order valence-electron chi connectivity index (χ2n) is 6.72. The van der Waals surface area contributed by atoms with E-state index in [1.54, 1.807) is 0 Å². The van der Waals surface area contributed by atoms with Crippen molar-refractivity contribution >= 4 is 60.7 Å². The van der Waals surface area contributed by atoms with Crippen molar-refractivity contribution < 1.29 is 4.79 Å². The molecule has 0 bridgehead atoms. The quantitative estimate of drug-likeness (QED) is 0.346. The third kappa shape index (κ3) is 4.08. The van der Waals surface area contributed by atoms with Gasteiger partial charge in [-0.05, 0) is 70.7 Å². The van der Waals surface area contributed by atoms with Crippen molar-refractivity contribution in [2.45, 2.75) is 13.8 Å². The second-order valence-corrected chi connectivity index (χ2v) is 9.04. The maximum absolute atomic E-state index is 12.3. The lowest BCUT2D eigenvalue weighted by Crippen LogP contribution is -2.19. The lowest BCUT2D eigenvalue weighted by Gasteiger charge is -2.10. The van der Waals surface area contributed by atoms with Gasteiger partial charge in [0.25, 0.3) is 0 Å². The Hall–Kier alpha value is -2.97. The van der Waals surface area contributed by atoms with E-state index in [2.05, 4.69) is 42.6 Å². The molecule has 8 heteroatoms. The molecule has 0 aliphatic rings. The highest BCUT2D eigenvalue weighted by Gasteiger charge is 2.16. The molecule has 2 aromatic heterocycles. The van der Waals surface area contributed by atoms with Crippen LogP contribution in [0.1, 0.15) is 11.1 Å². The molecular weight excluding hydrogens is 450 g/mol. The summed E-state index contributed by atoms with van der Waals surface area (Å²) in [6.07, 6.45) is 1.46. The van der Waals surface area contributed by atoms with Crippen LogP contribution in [-0.4, -0.2) is 16.0 Å². The zero-order valence-corrected chi connectivity index (χ0v) is 18.2. The molecule has 4 rings (SSSR count). The highest BCUT2D eigenvalue weighted by atomic mass is 79.9. The van der Waals surface area contributed by atoms with Gasteiger partial charge in [0.1, 0.15) is 17.0 Å². The number of thiophene rings is 1. The molecule has 0 fully saturated rings. The van der Waals surface area contributed by atoms with Crippen molar-refractivity contribution in [3.05, 3.63) is 63.7 Å². The van der Waals surface area contributed by atoms with Gasteiger partial charge in [0.15, 0.2) is 0 Å². The zero-order valence-electron chi connectivity index (χ0n) is 15.8. The summed E-state index contributed by atoms with van der Waals surface area (Å²) in [6, 6.07) is 13.2. The van der Waals surface area contributed by atoms with Gasteiger partial charge in [0, 0.05) is 16.9 Å². The molecule has 4 N–H and O–H groups in total. The Balaban J connectivity index is 1.54. The second kappa shape index (κ2) is 7.81. The van der Waals surface area contributed by atoms with E-state index in [0.29, 0.717) is 11.5 Å². The van der Waals surface area contributed by atoms with E-state index in [4.69, 9.17) is 5.73 Å². The van der Waals surface area contributed by atoms with E-state index >= 15 is 0 Å². The predicted molar refractivity (Wildman–Crippen MR) is 124 cm³/mol. The summed E-state index contributed by atoms with van der Waals surface area (Å²) in [5.74, 6) is 0.446. The van der Waals surface area contributed by atoms with Gasteiger partial charge in [0.2, 0.25) is 0 Å². The fourth-order valence-electron chi connectivity index (χ4n) is 3.25. The molecule has 0 saturated heterocycles. The van der Waals surface area contributed by atoms with E-state index < -0.39 is 0 Å². The van der Waals surface area contributed by atoms with Gasteiger partial charge < -0.3 is 16.4 Å². The Morgan fingerprint density at radius 1 is 1.00 bits per heavy atom. The highest BCUT2D eigenvalue weighted by Crippen LogP contribution is 2.43. The molecule has 2 aromatic carbocycles. The lowest BCUT2D eigenvalue weighted by molar-refractivity contribution is 0.262. The first-order valence-electron chi connectivity index (χ1n) is 8.86. The Morgan fingerprint density at radius 3 is 2.34 bits per heavy atom. The molecule has 0 radical (unpaired) electrons. The molecule has 0 aliphatic carbocycles. The number of rotatable bonds is 3. The van der Waals surface area contributed by atoms with Crippen LogP contribution in [0.5, 0.6) is 0 Å². The van der Waals surface area contributed by atoms with E-state index in [0.717, 1.165) is 41.9 Å². The number of aryl methyl sites for hydroxylation is 2. The van der Waals surface area contributed by atoms with Crippen molar-refractivity contribution in [1.29, 1.82) is 0 Å². The first-order valence-corrected chi connectivity index (χ1v) is 10.5. The Morgan fingerprint density at radius 2 is 1.66 bits per heavy atom. The van der Waals surface area contributed by atoms with Crippen LogP contribution in [0.25, 0.3) is 21.3 Å². The molecule has 146 valence electrons. The van der Waals surface area contributed by atoms with Crippen LogP contribution < -0.4 is 16.4 Å². The molecule has 0 atom stereocenters. The number of nitrogens with two attached hydrogens (primary N) is 1. The maximum Gasteiger partial charge on any atom is 0.323 e. The largest absolute Gasteiger partial charge is 0.383 e. The summed E-state index contributed by atoms with van der Waals surface area (Å²) >= 11 is 5.12. The number of benzene rings is 2. The molecule has 0 aliphatic heterocycles. The fourth-order valence-corrected chi connectivity index (χ4v) is 5.03. The topological polar surface area (TPSA) is 92.9 Å². The summed E-state index contributed by atoms with van der Waals surface area (Å²) in [7, 11) is 0. The monoisotopic (exact) mass is 467 g/mol. The molecule has 0 saturated carbocycles. The standard InChI is InChI=1S/C21H18BrN5OS/c1-11-7-12(2)9-15(8-11)27-21(28)26-14-5-3-13(4-6-14)16-17-19(23)24-10-25-20(17)29-18(16)22/h3-10H,1-2H3,(H2,23,24,25)(H2,26,27,28). The smallest absolute Gasteiger partial charge is 0.323 e. The first-order chi connectivity index (χ1) is 13.9. The number of urea groups is 1. The van der Waals surface area contributed by atoms with Crippen LogP contribution in [0.4, 0.5) is 22.0 Å². The number of carbonyl (C=O) groups is 1. The van der Waals surface area contributed by atoms with E-state index in [1.807, 2.05) is 50.2 Å². The molecule has 4 aromatic rings. The van der Waals surface area contributed by atoms with E-state index in [1.165, 1.54) is 17.7 Å². The summed E-state index contributed by atoms with van der Waals surface area (Å²) in [5.41, 5.74) is 11.6. The van der Waals surface area contributed by atoms with Crippen molar-refractivity contribution in [3.63, 3.8) is 0 Å². The van der Waals surface area contributed by atoms with Crippen LogP contribution in [0.3, 0.4) is 0 Å². The number of hydrogen-bond donors (Lipinski definition) is 3. The van der Waals surface area contributed by atoms with Gasteiger partial charge in [0.05, 0.1) is 9.17 Å². The van der Waals surface area contributed by atoms with Crippen LogP contribution >= 0.6 is 27.3 Å². The molecule has 2 heterocycles. The Bertz CT molecular complexity index is 1200. The summed E-state index contributed by atoms with van der Waals surface area (Å²) in [6.45, 7) is 4.00. The van der Waals surface area contributed by atoms with Gasteiger partial charge in [-0.25, -0.2) is 14.8 Å². The summed E-state index contributed by atoms with van der Waals surface area (Å²) < 4.78 is 0.938. The predicted octanol–water partition coefficient (Wildman–Crippen LogP) is 5.96. The fraction of sp³-hybridized carbons (Fsp3) is 0.0952. The van der Waals surface area contributed by atoms with Crippen molar-refractivity contribution in [2.75, 3.05) is 16.4 Å². The summed E-state index contributed by atoms with van der Waals surface area (Å²) in [4.78, 5) is 21.6. The number of nitrogens with one attached hydrogen (secondary N) is 2. The van der Waals surface area contributed by atoms with Crippen molar-refractivity contribution in [1.82, 2.24) is 9.97 Å². The summed E-state index contributed by atoms with van der Waals surface area (Å²) in [5, 5.41) is 6.55. The number of hydrogen-bond acceptors (Lipinski definition) is 5. The number of amides is 2. The van der Waals surface area contributed by atoms with Gasteiger partial charge in [-0.1, -0.05) is 18.2 Å².